The average molecular weight is 306 g/mol. The van der Waals surface area contributed by atoms with Gasteiger partial charge in [0.1, 0.15) is 12.4 Å². The Labute approximate surface area is 128 Å². The van der Waals surface area contributed by atoms with Gasteiger partial charge in [0.2, 0.25) is 0 Å². The van der Waals surface area contributed by atoms with Crippen molar-refractivity contribution in [2.45, 2.75) is 0 Å². The minimum Gasteiger partial charge on any atom is -0.492 e. The first-order chi connectivity index (χ1) is 10.2. The summed E-state index contributed by atoms with van der Waals surface area (Å²) in [6, 6.07) is 14.3. The Morgan fingerprint density at radius 1 is 1.19 bits per heavy atom. The van der Waals surface area contributed by atoms with Crippen molar-refractivity contribution in [3.63, 3.8) is 0 Å². The van der Waals surface area contributed by atoms with Crippen LogP contribution in [-0.2, 0) is 0 Å². The Bertz CT molecular complexity index is 605. The van der Waals surface area contributed by atoms with Crippen LogP contribution in [0.5, 0.6) is 5.75 Å². The number of nitrogen functional groups attached to an aromatic ring is 1. The van der Waals surface area contributed by atoms with Crippen LogP contribution >= 0.6 is 11.6 Å². The molecule has 0 aromatic heterocycles. The first-order valence-electron chi connectivity index (χ1n) is 6.43. The highest BCUT2D eigenvalue weighted by Crippen LogP contribution is 2.19. The van der Waals surface area contributed by atoms with Crippen LogP contribution in [0.25, 0.3) is 0 Å². The minimum absolute atomic E-state index is 0.262. The van der Waals surface area contributed by atoms with Gasteiger partial charge in [0, 0.05) is 5.02 Å². The number of carbonyl (C=O) groups is 1. The Hall–Kier alpha value is -2.24. The second-order valence-corrected chi connectivity index (χ2v) is 4.69. The summed E-state index contributed by atoms with van der Waals surface area (Å²) in [6.45, 7) is 0.756. The number of nitrogens with one attached hydrogen (secondary N) is 2. The van der Waals surface area contributed by atoms with E-state index in [4.69, 9.17) is 22.2 Å². The number of nitrogens with two attached hydrogens (primary N) is 1. The van der Waals surface area contributed by atoms with Gasteiger partial charge in [-0.15, -0.1) is 0 Å². The lowest BCUT2D eigenvalue weighted by Gasteiger charge is -2.11. The third kappa shape index (κ3) is 4.37. The van der Waals surface area contributed by atoms with E-state index in [-0.39, 0.29) is 5.91 Å². The maximum absolute atomic E-state index is 12.1. The number of ether oxygens (including phenoxy) is 1. The van der Waals surface area contributed by atoms with E-state index in [0.29, 0.717) is 29.4 Å². The molecule has 0 radical (unpaired) electrons. The zero-order chi connectivity index (χ0) is 15.1. The van der Waals surface area contributed by atoms with Crippen molar-refractivity contribution in [1.29, 1.82) is 0 Å². The van der Waals surface area contributed by atoms with E-state index in [1.165, 1.54) is 0 Å². The van der Waals surface area contributed by atoms with Gasteiger partial charge in [-0.1, -0.05) is 29.8 Å². The van der Waals surface area contributed by atoms with E-state index in [9.17, 15) is 4.79 Å². The molecule has 0 aliphatic rings. The predicted molar refractivity (Wildman–Crippen MR) is 83.5 cm³/mol. The molecule has 1 amide bonds. The molecule has 2 aromatic rings. The summed E-state index contributed by atoms with van der Waals surface area (Å²) in [7, 11) is 0. The standard InChI is InChI=1S/C15H16ClN3O2/c16-11-6-7-14(19-17)13(10-11)15(20)18-8-9-21-12-4-2-1-3-5-12/h1-7,10,19H,8-9,17H2,(H,18,20). The summed E-state index contributed by atoms with van der Waals surface area (Å²) in [5.41, 5.74) is 3.38. The Morgan fingerprint density at radius 3 is 2.67 bits per heavy atom. The number of amides is 1. The van der Waals surface area contributed by atoms with Crippen LogP contribution in [-0.4, -0.2) is 19.1 Å². The van der Waals surface area contributed by atoms with Crippen molar-refractivity contribution in [2.24, 2.45) is 5.84 Å². The van der Waals surface area contributed by atoms with Crippen molar-refractivity contribution in [1.82, 2.24) is 5.32 Å². The monoisotopic (exact) mass is 305 g/mol. The number of para-hydroxylation sites is 1. The van der Waals surface area contributed by atoms with Crippen LogP contribution in [0.4, 0.5) is 5.69 Å². The minimum atomic E-state index is -0.262. The second-order valence-electron chi connectivity index (χ2n) is 4.25. The first kappa shape index (κ1) is 15.2. The lowest BCUT2D eigenvalue weighted by molar-refractivity contribution is 0.0948. The van der Waals surface area contributed by atoms with Crippen molar-refractivity contribution in [3.8, 4) is 5.75 Å². The number of hydrogen-bond donors (Lipinski definition) is 3. The molecule has 0 bridgehead atoms. The normalized spacial score (nSPS) is 10.0. The Kier molecular flexibility index (Phi) is 5.43. The van der Waals surface area contributed by atoms with Crippen LogP contribution in [0.1, 0.15) is 10.4 Å². The highest BCUT2D eigenvalue weighted by molar-refractivity contribution is 6.31. The van der Waals surface area contributed by atoms with Gasteiger partial charge in [0.25, 0.3) is 5.91 Å². The molecular formula is C15H16ClN3O2. The maximum Gasteiger partial charge on any atom is 0.253 e. The summed E-state index contributed by atoms with van der Waals surface area (Å²) < 4.78 is 5.49. The van der Waals surface area contributed by atoms with Crippen LogP contribution in [0, 0.1) is 0 Å². The molecule has 0 saturated carbocycles. The van der Waals surface area contributed by atoms with Gasteiger partial charge in [-0.25, -0.2) is 0 Å². The largest absolute Gasteiger partial charge is 0.492 e. The van der Waals surface area contributed by atoms with Gasteiger partial charge in [0.15, 0.2) is 0 Å². The molecule has 0 unspecified atom stereocenters. The Morgan fingerprint density at radius 2 is 1.95 bits per heavy atom. The van der Waals surface area contributed by atoms with Crippen LogP contribution in [0.3, 0.4) is 0 Å². The number of hydrogen-bond acceptors (Lipinski definition) is 4. The summed E-state index contributed by atoms with van der Waals surface area (Å²) in [4.78, 5) is 12.1. The molecule has 0 fully saturated rings. The second kappa shape index (κ2) is 7.52. The zero-order valence-electron chi connectivity index (χ0n) is 11.3. The number of halogens is 1. The van der Waals surface area contributed by atoms with Gasteiger partial charge in [0.05, 0.1) is 17.8 Å². The lowest BCUT2D eigenvalue weighted by Crippen LogP contribution is -2.29. The molecule has 5 nitrogen and oxygen atoms in total. The average Bonchev–Trinajstić information content (AvgIpc) is 2.52. The van der Waals surface area contributed by atoms with Gasteiger partial charge < -0.3 is 15.5 Å². The third-order valence-corrected chi connectivity index (χ3v) is 3.02. The molecule has 2 aromatic carbocycles. The van der Waals surface area contributed by atoms with Gasteiger partial charge in [-0.2, -0.15) is 0 Å². The summed E-state index contributed by atoms with van der Waals surface area (Å²) in [5, 5.41) is 3.22. The number of benzene rings is 2. The van der Waals surface area contributed by atoms with Gasteiger partial charge in [-0.05, 0) is 30.3 Å². The van der Waals surface area contributed by atoms with E-state index >= 15 is 0 Å². The van der Waals surface area contributed by atoms with E-state index in [0.717, 1.165) is 5.75 Å². The van der Waals surface area contributed by atoms with Crippen molar-refractivity contribution in [2.75, 3.05) is 18.6 Å². The molecule has 0 heterocycles. The molecular weight excluding hydrogens is 290 g/mol. The smallest absolute Gasteiger partial charge is 0.253 e. The Balaban J connectivity index is 1.86. The highest BCUT2D eigenvalue weighted by atomic mass is 35.5. The molecule has 110 valence electrons. The molecule has 2 rings (SSSR count). The van der Waals surface area contributed by atoms with Gasteiger partial charge in [-0.3, -0.25) is 10.6 Å². The summed E-state index contributed by atoms with van der Waals surface area (Å²) >= 11 is 5.89. The fourth-order valence-corrected chi connectivity index (χ4v) is 1.95. The van der Waals surface area contributed by atoms with E-state index in [1.54, 1.807) is 18.2 Å². The third-order valence-electron chi connectivity index (χ3n) is 2.78. The molecule has 0 atom stereocenters. The first-order valence-corrected chi connectivity index (χ1v) is 6.80. The molecule has 4 N–H and O–H groups in total. The topological polar surface area (TPSA) is 76.4 Å². The number of hydrazine groups is 1. The molecule has 0 spiro atoms. The maximum atomic E-state index is 12.1. The van der Waals surface area contributed by atoms with Crippen LogP contribution in [0.2, 0.25) is 5.02 Å². The molecule has 21 heavy (non-hydrogen) atoms. The number of rotatable bonds is 6. The van der Waals surface area contributed by atoms with Crippen LogP contribution < -0.4 is 21.3 Å². The quantitative estimate of drug-likeness (QED) is 0.435. The van der Waals surface area contributed by atoms with Gasteiger partial charge >= 0.3 is 0 Å². The fourth-order valence-electron chi connectivity index (χ4n) is 1.78. The lowest BCUT2D eigenvalue weighted by atomic mass is 10.1. The molecule has 6 heteroatoms. The summed E-state index contributed by atoms with van der Waals surface area (Å²) in [5.74, 6) is 5.87. The summed E-state index contributed by atoms with van der Waals surface area (Å²) in [6.07, 6.45) is 0. The predicted octanol–water partition coefficient (Wildman–Crippen LogP) is 2.43. The number of carbonyl (C=O) groups excluding carboxylic acids is 1. The van der Waals surface area contributed by atoms with E-state index in [1.807, 2.05) is 30.3 Å². The fraction of sp³-hybridized carbons (Fsp3) is 0.133. The number of anilines is 1. The van der Waals surface area contributed by atoms with Crippen molar-refractivity contribution in [3.05, 3.63) is 59.1 Å². The van der Waals surface area contributed by atoms with Crippen molar-refractivity contribution < 1.29 is 9.53 Å². The van der Waals surface area contributed by atoms with Crippen molar-refractivity contribution >= 4 is 23.2 Å². The molecule has 0 saturated heterocycles. The molecule has 0 aliphatic carbocycles. The van der Waals surface area contributed by atoms with Crippen LogP contribution in [0.15, 0.2) is 48.5 Å². The highest BCUT2D eigenvalue weighted by Gasteiger charge is 2.11. The molecule has 0 aliphatic heterocycles. The van der Waals surface area contributed by atoms with E-state index < -0.39 is 0 Å². The zero-order valence-corrected chi connectivity index (χ0v) is 12.1. The SMILES string of the molecule is NNc1ccc(Cl)cc1C(=O)NCCOc1ccccc1. The van der Waals surface area contributed by atoms with E-state index in [2.05, 4.69) is 10.7 Å².